The smallest absolute Gasteiger partial charge is 0.229 e. The van der Waals surface area contributed by atoms with Gasteiger partial charge in [0.15, 0.2) is 0 Å². The van der Waals surface area contributed by atoms with Gasteiger partial charge in [-0.25, -0.2) is 0 Å². The fourth-order valence-corrected chi connectivity index (χ4v) is 2.84. The zero-order valence-corrected chi connectivity index (χ0v) is 12.4. The highest BCUT2D eigenvalue weighted by molar-refractivity contribution is 6.33. The van der Waals surface area contributed by atoms with Gasteiger partial charge in [-0.1, -0.05) is 11.6 Å². The number of benzene rings is 1. The van der Waals surface area contributed by atoms with Crippen LogP contribution in [0.15, 0.2) is 18.2 Å². The van der Waals surface area contributed by atoms with Crippen molar-refractivity contribution in [3.63, 3.8) is 0 Å². The van der Waals surface area contributed by atoms with Crippen molar-refractivity contribution >= 4 is 34.8 Å². The monoisotopic (exact) mass is 308 g/mol. The molecule has 1 N–H and O–H groups in total. The number of hydrogen-bond donors (Lipinski definition) is 1. The molecule has 0 spiro atoms. The van der Waals surface area contributed by atoms with Gasteiger partial charge in [0.05, 0.1) is 23.2 Å². The lowest BCUT2D eigenvalue weighted by atomic mass is 10.1. The molecule has 0 radical (unpaired) electrons. The van der Waals surface area contributed by atoms with Crippen LogP contribution in [0.3, 0.4) is 0 Å². The third kappa shape index (κ3) is 3.04. The van der Waals surface area contributed by atoms with Crippen LogP contribution in [-0.4, -0.2) is 31.6 Å². The van der Waals surface area contributed by atoms with Crippen LogP contribution in [0.1, 0.15) is 19.3 Å². The fourth-order valence-electron chi connectivity index (χ4n) is 2.67. The summed E-state index contributed by atoms with van der Waals surface area (Å²) >= 11 is 6.14. The van der Waals surface area contributed by atoms with E-state index < -0.39 is 0 Å². The molecule has 0 saturated carbocycles. The summed E-state index contributed by atoms with van der Waals surface area (Å²) in [5, 5.41) is 3.31. The third-order valence-electron chi connectivity index (χ3n) is 3.89. The molecule has 2 heterocycles. The standard InChI is InChI=1S/C15H17ClN2O3/c16-12-4-3-11(18-6-1-2-14(18)19)8-13(12)17-15(20)10-5-7-21-9-10/h3-4,8,10H,1-2,5-7,9H2,(H,17,20). The van der Waals surface area contributed by atoms with Crippen molar-refractivity contribution in [2.24, 2.45) is 5.92 Å². The van der Waals surface area contributed by atoms with Gasteiger partial charge < -0.3 is 15.0 Å². The van der Waals surface area contributed by atoms with Crippen molar-refractivity contribution in [1.29, 1.82) is 0 Å². The molecule has 2 saturated heterocycles. The fraction of sp³-hybridized carbons (Fsp3) is 0.467. The molecule has 1 atom stereocenters. The van der Waals surface area contributed by atoms with E-state index in [0.717, 1.165) is 18.5 Å². The second-order valence-electron chi connectivity index (χ2n) is 5.36. The topological polar surface area (TPSA) is 58.6 Å². The molecule has 1 unspecified atom stereocenters. The molecular weight excluding hydrogens is 292 g/mol. The predicted octanol–water partition coefficient (Wildman–Crippen LogP) is 2.44. The van der Waals surface area contributed by atoms with Crippen LogP contribution in [0.4, 0.5) is 11.4 Å². The Labute approximate surface area is 128 Å². The molecule has 112 valence electrons. The lowest BCUT2D eigenvalue weighted by Gasteiger charge is -2.18. The average molecular weight is 309 g/mol. The van der Waals surface area contributed by atoms with Crippen LogP contribution >= 0.6 is 11.6 Å². The molecule has 2 fully saturated rings. The number of rotatable bonds is 3. The molecular formula is C15H17ClN2O3. The van der Waals surface area contributed by atoms with Gasteiger partial charge in [0.25, 0.3) is 0 Å². The highest BCUT2D eigenvalue weighted by atomic mass is 35.5. The lowest BCUT2D eigenvalue weighted by molar-refractivity contribution is -0.120. The predicted molar refractivity (Wildman–Crippen MR) is 80.6 cm³/mol. The van der Waals surface area contributed by atoms with Crippen LogP contribution in [0.25, 0.3) is 0 Å². The van der Waals surface area contributed by atoms with Gasteiger partial charge in [0.2, 0.25) is 11.8 Å². The lowest BCUT2D eigenvalue weighted by Crippen LogP contribution is -2.25. The van der Waals surface area contributed by atoms with E-state index in [0.29, 0.717) is 36.9 Å². The first kappa shape index (κ1) is 14.4. The summed E-state index contributed by atoms with van der Waals surface area (Å²) in [6, 6.07) is 5.28. The number of carbonyl (C=O) groups excluding carboxylic acids is 2. The molecule has 3 rings (SSSR count). The van der Waals surface area contributed by atoms with E-state index in [1.165, 1.54) is 0 Å². The normalized spacial score (nSPS) is 21.9. The van der Waals surface area contributed by atoms with Gasteiger partial charge in [-0.15, -0.1) is 0 Å². The van der Waals surface area contributed by atoms with Gasteiger partial charge in [0, 0.05) is 25.3 Å². The van der Waals surface area contributed by atoms with Crippen LogP contribution in [0, 0.1) is 5.92 Å². The van der Waals surface area contributed by atoms with Crippen molar-refractivity contribution in [2.45, 2.75) is 19.3 Å². The molecule has 2 aliphatic rings. The Hall–Kier alpha value is -1.59. The van der Waals surface area contributed by atoms with Gasteiger partial charge in [0.1, 0.15) is 0 Å². The van der Waals surface area contributed by atoms with Crippen molar-refractivity contribution in [2.75, 3.05) is 30.0 Å². The summed E-state index contributed by atoms with van der Waals surface area (Å²) in [7, 11) is 0. The van der Waals surface area contributed by atoms with Gasteiger partial charge >= 0.3 is 0 Å². The number of halogens is 1. The summed E-state index contributed by atoms with van der Waals surface area (Å²) in [6.07, 6.45) is 2.17. The van der Waals surface area contributed by atoms with E-state index in [4.69, 9.17) is 16.3 Å². The van der Waals surface area contributed by atoms with E-state index in [2.05, 4.69) is 5.32 Å². The minimum atomic E-state index is -0.127. The van der Waals surface area contributed by atoms with E-state index in [9.17, 15) is 9.59 Å². The van der Waals surface area contributed by atoms with Crippen LogP contribution in [-0.2, 0) is 14.3 Å². The molecule has 6 heteroatoms. The second-order valence-corrected chi connectivity index (χ2v) is 5.77. The number of nitrogens with zero attached hydrogens (tertiary/aromatic N) is 1. The SMILES string of the molecule is O=C(Nc1cc(N2CCCC2=O)ccc1Cl)C1CCOC1. The Kier molecular flexibility index (Phi) is 4.12. The van der Waals surface area contributed by atoms with Crippen molar-refractivity contribution < 1.29 is 14.3 Å². The largest absolute Gasteiger partial charge is 0.381 e. The number of nitrogens with one attached hydrogen (secondary N) is 1. The quantitative estimate of drug-likeness (QED) is 0.933. The van der Waals surface area contributed by atoms with Crippen molar-refractivity contribution in [1.82, 2.24) is 0 Å². The van der Waals surface area contributed by atoms with Crippen LogP contribution in [0.5, 0.6) is 0 Å². The molecule has 0 bridgehead atoms. The minimum Gasteiger partial charge on any atom is -0.381 e. The maximum Gasteiger partial charge on any atom is 0.229 e. The molecule has 0 aromatic heterocycles. The summed E-state index contributed by atoms with van der Waals surface area (Å²) in [5.74, 6) is -0.101. The number of amides is 2. The van der Waals surface area contributed by atoms with Crippen molar-refractivity contribution in [3.05, 3.63) is 23.2 Å². The van der Waals surface area contributed by atoms with Gasteiger partial charge in [-0.2, -0.15) is 0 Å². The number of ether oxygens (including phenoxy) is 1. The van der Waals surface area contributed by atoms with E-state index in [-0.39, 0.29) is 17.7 Å². The maximum atomic E-state index is 12.1. The zero-order valence-electron chi connectivity index (χ0n) is 11.6. The summed E-state index contributed by atoms with van der Waals surface area (Å²) in [5.41, 5.74) is 1.32. The molecule has 2 aliphatic heterocycles. The third-order valence-corrected chi connectivity index (χ3v) is 4.22. The number of hydrogen-bond acceptors (Lipinski definition) is 3. The summed E-state index contributed by atoms with van der Waals surface area (Å²) in [4.78, 5) is 25.7. The first-order valence-corrected chi connectivity index (χ1v) is 7.51. The number of carbonyl (C=O) groups is 2. The second kappa shape index (κ2) is 6.03. The Morgan fingerprint density at radius 1 is 1.43 bits per heavy atom. The Bertz CT molecular complexity index is 570. The minimum absolute atomic E-state index is 0.0840. The maximum absolute atomic E-state index is 12.1. The summed E-state index contributed by atoms with van der Waals surface area (Å²) in [6.45, 7) is 1.78. The Morgan fingerprint density at radius 3 is 2.95 bits per heavy atom. The summed E-state index contributed by atoms with van der Waals surface area (Å²) < 4.78 is 5.22. The van der Waals surface area contributed by atoms with Gasteiger partial charge in [-0.3, -0.25) is 9.59 Å². The first-order valence-electron chi connectivity index (χ1n) is 7.13. The van der Waals surface area contributed by atoms with E-state index in [1.54, 1.807) is 23.1 Å². The zero-order chi connectivity index (χ0) is 14.8. The molecule has 21 heavy (non-hydrogen) atoms. The van der Waals surface area contributed by atoms with E-state index in [1.807, 2.05) is 0 Å². The number of anilines is 2. The highest BCUT2D eigenvalue weighted by Gasteiger charge is 2.25. The van der Waals surface area contributed by atoms with Crippen molar-refractivity contribution in [3.8, 4) is 0 Å². The van der Waals surface area contributed by atoms with Crippen LogP contribution in [0.2, 0.25) is 5.02 Å². The van der Waals surface area contributed by atoms with Crippen LogP contribution < -0.4 is 10.2 Å². The van der Waals surface area contributed by atoms with E-state index >= 15 is 0 Å². The first-order chi connectivity index (χ1) is 10.1. The Balaban J connectivity index is 1.77. The highest BCUT2D eigenvalue weighted by Crippen LogP contribution is 2.30. The molecule has 2 amide bonds. The molecule has 5 nitrogen and oxygen atoms in total. The average Bonchev–Trinajstić information content (AvgIpc) is 3.12. The molecule has 1 aromatic carbocycles. The Morgan fingerprint density at radius 2 is 2.29 bits per heavy atom. The molecule has 1 aromatic rings. The van der Waals surface area contributed by atoms with Gasteiger partial charge in [-0.05, 0) is 31.0 Å². The molecule has 0 aliphatic carbocycles.